The quantitative estimate of drug-likeness (QED) is 0.856. The first-order valence-corrected chi connectivity index (χ1v) is 5.81. The van der Waals surface area contributed by atoms with Crippen molar-refractivity contribution in [2.24, 2.45) is 0 Å². The maximum atomic E-state index is 9.05. The predicted molar refractivity (Wildman–Crippen MR) is 63.6 cm³/mol. The van der Waals surface area contributed by atoms with Gasteiger partial charge in [-0.25, -0.2) is 4.98 Å². The Labute approximate surface area is 95.1 Å². The minimum atomic E-state index is -0.0158. The lowest BCUT2D eigenvalue weighted by molar-refractivity contribution is 0.270. The molecule has 0 saturated carbocycles. The molecule has 0 aliphatic heterocycles. The highest BCUT2D eigenvalue weighted by molar-refractivity contribution is 7.09. The maximum Gasteiger partial charge on any atom is 0.205 e. The van der Waals surface area contributed by atoms with E-state index in [4.69, 9.17) is 5.11 Å². The Morgan fingerprint density at radius 1 is 1.47 bits per heavy atom. The largest absolute Gasteiger partial charge is 0.394 e. The summed E-state index contributed by atoms with van der Waals surface area (Å²) in [6.07, 6.45) is 0. The van der Waals surface area contributed by atoms with Crippen LogP contribution in [-0.4, -0.2) is 34.2 Å². The van der Waals surface area contributed by atoms with Crippen molar-refractivity contribution in [1.29, 1.82) is 0 Å². The molecular formula is C10H19N3OS. The van der Waals surface area contributed by atoms with Crippen LogP contribution in [0.3, 0.4) is 0 Å². The van der Waals surface area contributed by atoms with Crippen LogP contribution in [0.4, 0.5) is 5.13 Å². The second kappa shape index (κ2) is 4.45. The summed E-state index contributed by atoms with van der Waals surface area (Å²) < 4.78 is 4.33. The zero-order valence-corrected chi connectivity index (χ0v) is 10.8. The maximum absolute atomic E-state index is 9.05. The Kier molecular flexibility index (Phi) is 3.67. The molecular weight excluding hydrogens is 210 g/mol. The number of hydrogen-bond acceptors (Lipinski definition) is 5. The minimum Gasteiger partial charge on any atom is -0.394 e. The zero-order valence-electron chi connectivity index (χ0n) is 9.98. The second-order valence-electron chi connectivity index (χ2n) is 4.79. The highest BCUT2D eigenvalue weighted by Gasteiger charge is 2.21. The van der Waals surface area contributed by atoms with Crippen molar-refractivity contribution in [1.82, 2.24) is 9.36 Å². The minimum absolute atomic E-state index is 0.0158. The molecule has 1 heterocycles. The van der Waals surface area contributed by atoms with Crippen molar-refractivity contribution in [3.8, 4) is 0 Å². The van der Waals surface area contributed by atoms with Gasteiger partial charge in [0, 0.05) is 24.0 Å². The lowest BCUT2D eigenvalue weighted by atomic mass is 9.96. The smallest absolute Gasteiger partial charge is 0.205 e. The van der Waals surface area contributed by atoms with Crippen LogP contribution in [0.25, 0.3) is 0 Å². The van der Waals surface area contributed by atoms with Crippen molar-refractivity contribution < 1.29 is 5.11 Å². The van der Waals surface area contributed by atoms with Crippen molar-refractivity contribution in [3.05, 3.63) is 5.82 Å². The van der Waals surface area contributed by atoms with E-state index < -0.39 is 0 Å². The van der Waals surface area contributed by atoms with E-state index in [1.807, 2.05) is 18.9 Å². The summed E-state index contributed by atoms with van der Waals surface area (Å²) in [4.78, 5) is 6.42. The van der Waals surface area contributed by atoms with Crippen LogP contribution >= 0.6 is 11.5 Å². The molecule has 0 spiro atoms. The number of rotatable bonds is 3. The Hall–Kier alpha value is -0.680. The van der Waals surface area contributed by atoms with Crippen LogP contribution in [-0.2, 0) is 5.41 Å². The SMILES string of the molecule is CC(CO)N(C)c1nc(C(C)(C)C)ns1. The van der Waals surface area contributed by atoms with Crippen LogP contribution in [0.2, 0.25) is 0 Å². The molecule has 0 bridgehead atoms. The molecule has 0 aliphatic rings. The van der Waals surface area contributed by atoms with Crippen LogP contribution in [0, 0.1) is 0 Å². The molecule has 0 amide bonds. The highest BCUT2D eigenvalue weighted by atomic mass is 32.1. The summed E-state index contributed by atoms with van der Waals surface area (Å²) in [5, 5.41) is 9.91. The van der Waals surface area contributed by atoms with Gasteiger partial charge in [0.1, 0.15) is 5.82 Å². The first-order valence-electron chi connectivity index (χ1n) is 5.04. The molecule has 15 heavy (non-hydrogen) atoms. The molecule has 0 aliphatic carbocycles. The highest BCUT2D eigenvalue weighted by Crippen LogP contribution is 2.25. The van der Waals surface area contributed by atoms with E-state index in [-0.39, 0.29) is 18.1 Å². The topological polar surface area (TPSA) is 49.2 Å². The van der Waals surface area contributed by atoms with Gasteiger partial charge in [-0.15, -0.1) is 0 Å². The van der Waals surface area contributed by atoms with Gasteiger partial charge < -0.3 is 10.0 Å². The van der Waals surface area contributed by atoms with Crippen LogP contribution in [0.15, 0.2) is 0 Å². The molecule has 0 saturated heterocycles. The fourth-order valence-electron chi connectivity index (χ4n) is 0.974. The molecule has 0 aromatic carbocycles. The van der Waals surface area contributed by atoms with Crippen molar-refractivity contribution in [3.63, 3.8) is 0 Å². The Morgan fingerprint density at radius 2 is 2.07 bits per heavy atom. The van der Waals surface area contributed by atoms with Crippen LogP contribution in [0.1, 0.15) is 33.5 Å². The fraction of sp³-hybridized carbons (Fsp3) is 0.800. The normalized spacial score (nSPS) is 14.0. The first kappa shape index (κ1) is 12.4. The second-order valence-corrected chi connectivity index (χ2v) is 5.52. The Morgan fingerprint density at radius 3 is 2.47 bits per heavy atom. The third-order valence-corrected chi connectivity index (χ3v) is 3.12. The fourth-order valence-corrected chi connectivity index (χ4v) is 1.89. The molecule has 1 rings (SSSR count). The van der Waals surface area contributed by atoms with Gasteiger partial charge >= 0.3 is 0 Å². The molecule has 4 nitrogen and oxygen atoms in total. The van der Waals surface area contributed by atoms with E-state index in [1.54, 1.807) is 0 Å². The average Bonchev–Trinajstić information content (AvgIpc) is 2.63. The van der Waals surface area contributed by atoms with Crippen molar-refractivity contribution in [2.45, 2.75) is 39.2 Å². The average molecular weight is 229 g/mol. The van der Waals surface area contributed by atoms with Crippen LogP contribution < -0.4 is 4.90 Å². The monoisotopic (exact) mass is 229 g/mol. The molecule has 5 heteroatoms. The lowest BCUT2D eigenvalue weighted by Gasteiger charge is -2.21. The Bertz CT molecular complexity index is 319. The number of aliphatic hydroxyl groups is 1. The lowest BCUT2D eigenvalue weighted by Crippen LogP contribution is -2.31. The van der Waals surface area contributed by atoms with Gasteiger partial charge in [0.25, 0.3) is 0 Å². The van der Waals surface area contributed by atoms with E-state index in [1.165, 1.54) is 11.5 Å². The molecule has 0 fully saturated rings. The third kappa shape index (κ3) is 2.89. The molecule has 0 radical (unpaired) electrons. The Balaban J connectivity index is 2.85. The van der Waals surface area contributed by atoms with Gasteiger partial charge in [-0.05, 0) is 6.92 Å². The van der Waals surface area contributed by atoms with Gasteiger partial charge in [0.15, 0.2) is 0 Å². The summed E-state index contributed by atoms with van der Waals surface area (Å²) >= 11 is 1.38. The van der Waals surface area contributed by atoms with Crippen molar-refractivity contribution >= 4 is 16.7 Å². The number of nitrogens with zero attached hydrogens (tertiary/aromatic N) is 3. The summed E-state index contributed by atoms with van der Waals surface area (Å²) in [7, 11) is 1.92. The zero-order chi connectivity index (χ0) is 11.6. The first-order chi connectivity index (χ1) is 6.86. The van der Waals surface area contributed by atoms with Gasteiger partial charge in [0.05, 0.1) is 12.6 Å². The molecule has 1 atom stereocenters. The number of aliphatic hydroxyl groups excluding tert-OH is 1. The predicted octanol–water partition coefficient (Wildman–Crippen LogP) is 1.65. The van der Waals surface area contributed by atoms with E-state index >= 15 is 0 Å². The summed E-state index contributed by atoms with van der Waals surface area (Å²) in [5.74, 6) is 0.861. The van der Waals surface area contributed by atoms with Crippen molar-refractivity contribution in [2.75, 3.05) is 18.6 Å². The summed E-state index contributed by atoms with van der Waals surface area (Å²) in [6.45, 7) is 8.36. The number of anilines is 1. The third-order valence-electron chi connectivity index (χ3n) is 2.31. The van der Waals surface area contributed by atoms with E-state index in [2.05, 4.69) is 30.1 Å². The van der Waals surface area contributed by atoms with Gasteiger partial charge in [-0.2, -0.15) is 4.37 Å². The molecule has 1 aromatic heterocycles. The molecule has 1 unspecified atom stereocenters. The van der Waals surface area contributed by atoms with Gasteiger partial charge in [-0.3, -0.25) is 0 Å². The standard InChI is InChI=1S/C10H19N3OS/c1-7(6-14)13(5)9-11-8(12-15-9)10(2,3)4/h7,14H,6H2,1-5H3. The van der Waals surface area contributed by atoms with E-state index in [0.717, 1.165) is 11.0 Å². The number of hydrogen-bond donors (Lipinski definition) is 1. The number of aromatic nitrogens is 2. The van der Waals surface area contributed by atoms with Gasteiger partial charge in [-0.1, -0.05) is 20.8 Å². The number of likely N-dealkylation sites (N-methyl/N-ethyl adjacent to an activating group) is 1. The molecule has 1 N–H and O–H groups in total. The summed E-state index contributed by atoms with van der Waals surface area (Å²) in [5.41, 5.74) is -0.0158. The van der Waals surface area contributed by atoms with E-state index in [9.17, 15) is 0 Å². The molecule has 1 aromatic rings. The summed E-state index contributed by atoms with van der Waals surface area (Å²) in [6, 6.07) is 0.0748. The molecule has 86 valence electrons. The van der Waals surface area contributed by atoms with E-state index in [0.29, 0.717) is 0 Å². The van der Waals surface area contributed by atoms with Gasteiger partial charge in [0.2, 0.25) is 5.13 Å². The van der Waals surface area contributed by atoms with Crippen LogP contribution in [0.5, 0.6) is 0 Å².